The van der Waals surface area contributed by atoms with Crippen LogP contribution >= 0.6 is 23.2 Å². The molecular weight excluding hydrogens is 520 g/mol. The quantitative estimate of drug-likeness (QED) is 0.302. The lowest BCUT2D eigenvalue weighted by atomic mass is 10.1. The van der Waals surface area contributed by atoms with Crippen LogP contribution in [0.25, 0.3) is 16.8 Å². The van der Waals surface area contributed by atoms with Crippen LogP contribution in [0.2, 0.25) is 10.0 Å². The van der Waals surface area contributed by atoms with Crippen molar-refractivity contribution in [3.05, 3.63) is 70.2 Å². The second-order valence-electron chi connectivity index (χ2n) is 7.36. The molecule has 9 nitrogen and oxygen atoms in total. The van der Waals surface area contributed by atoms with Gasteiger partial charge in [-0.3, -0.25) is 4.72 Å². The van der Waals surface area contributed by atoms with Gasteiger partial charge in [-0.15, -0.1) is 0 Å². The number of hydrogen-bond donors (Lipinski definition) is 2. The number of anilines is 2. The number of rotatable bonds is 9. The first-order chi connectivity index (χ1) is 16.7. The number of nitrogens with two attached hydrogens (primary N) is 1. The van der Waals surface area contributed by atoms with Crippen LogP contribution in [0.3, 0.4) is 0 Å². The molecule has 0 aliphatic rings. The van der Waals surface area contributed by atoms with Crippen LogP contribution in [0.4, 0.5) is 15.9 Å². The Bertz CT molecular complexity index is 1500. The Morgan fingerprint density at radius 2 is 1.94 bits per heavy atom. The number of nitrogen functional groups attached to an aromatic ring is 1. The van der Waals surface area contributed by atoms with E-state index in [0.29, 0.717) is 24.4 Å². The molecule has 0 atom stereocenters. The number of aromatic nitrogens is 3. The molecule has 0 saturated carbocycles. The summed E-state index contributed by atoms with van der Waals surface area (Å²) in [5.41, 5.74) is 7.84. The van der Waals surface area contributed by atoms with Gasteiger partial charge < -0.3 is 15.2 Å². The molecule has 4 rings (SSSR count). The molecule has 2 heterocycles. The molecule has 0 unspecified atom stereocenters. The zero-order chi connectivity index (χ0) is 25.2. The third-order valence-corrected chi connectivity index (χ3v) is 7.40. The molecule has 0 amide bonds. The van der Waals surface area contributed by atoms with Crippen molar-refractivity contribution < 1.29 is 22.3 Å². The molecule has 0 saturated heterocycles. The molecule has 0 aliphatic carbocycles. The predicted molar refractivity (Wildman–Crippen MR) is 132 cm³/mol. The first-order valence-electron chi connectivity index (χ1n) is 10.2. The summed E-state index contributed by atoms with van der Waals surface area (Å²) in [4.78, 5) is 4.14. The van der Waals surface area contributed by atoms with Crippen LogP contribution in [-0.4, -0.2) is 43.3 Å². The fourth-order valence-electron chi connectivity index (χ4n) is 3.33. The maximum Gasteiger partial charge on any atom is 0.263 e. The normalized spacial score (nSPS) is 11.8. The lowest BCUT2D eigenvalue weighted by molar-refractivity contribution is 0.0620. The standard InChI is InChI=1S/C22H20Cl2FN5O4S/c1-33-7-8-34-12-13-10-28-30-21(26)16(11-27-22(13)30)15-6-5-14(9-18(15)25)29-35(31,32)19-4-2-3-17(23)20(19)24/h2-6,9-11,29H,7-8,12,26H2,1H3. The maximum absolute atomic E-state index is 15.1. The van der Waals surface area contributed by atoms with E-state index in [0.717, 1.165) is 6.07 Å². The Morgan fingerprint density at radius 3 is 2.69 bits per heavy atom. The maximum atomic E-state index is 15.1. The molecule has 3 N–H and O–H groups in total. The topological polar surface area (TPSA) is 121 Å². The average molecular weight is 540 g/mol. The van der Waals surface area contributed by atoms with Gasteiger partial charge in [0.2, 0.25) is 0 Å². The lowest BCUT2D eigenvalue weighted by Crippen LogP contribution is -2.14. The van der Waals surface area contributed by atoms with E-state index in [-0.39, 0.29) is 44.2 Å². The zero-order valence-corrected chi connectivity index (χ0v) is 20.7. The number of benzene rings is 2. The van der Waals surface area contributed by atoms with E-state index >= 15 is 4.39 Å². The van der Waals surface area contributed by atoms with Gasteiger partial charge in [0.1, 0.15) is 16.5 Å². The van der Waals surface area contributed by atoms with Gasteiger partial charge >= 0.3 is 0 Å². The highest BCUT2D eigenvalue weighted by Gasteiger charge is 2.21. The highest BCUT2D eigenvalue weighted by Crippen LogP contribution is 2.33. The Balaban J connectivity index is 1.60. The van der Waals surface area contributed by atoms with E-state index in [1.807, 2.05) is 0 Å². The summed E-state index contributed by atoms with van der Waals surface area (Å²) in [5, 5.41) is 4.18. The van der Waals surface area contributed by atoms with Gasteiger partial charge in [0.15, 0.2) is 5.65 Å². The Hall–Kier alpha value is -2.96. The van der Waals surface area contributed by atoms with Gasteiger partial charge in [-0.05, 0) is 30.3 Å². The second kappa shape index (κ2) is 10.3. The van der Waals surface area contributed by atoms with Crippen molar-refractivity contribution in [2.24, 2.45) is 0 Å². The van der Waals surface area contributed by atoms with E-state index in [1.54, 1.807) is 13.3 Å². The summed E-state index contributed by atoms with van der Waals surface area (Å²) < 4.78 is 54.6. The molecule has 0 aliphatic heterocycles. The minimum Gasteiger partial charge on any atom is -0.383 e. The fourth-order valence-corrected chi connectivity index (χ4v) is 5.14. The van der Waals surface area contributed by atoms with Gasteiger partial charge in [0.05, 0.1) is 41.8 Å². The van der Waals surface area contributed by atoms with Crippen LogP contribution in [0, 0.1) is 5.82 Å². The molecule has 2 aromatic heterocycles. The van der Waals surface area contributed by atoms with Crippen molar-refractivity contribution in [1.82, 2.24) is 14.6 Å². The van der Waals surface area contributed by atoms with Crippen molar-refractivity contribution in [3.8, 4) is 11.1 Å². The molecule has 184 valence electrons. The molecule has 0 radical (unpaired) electrons. The summed E-state index contributed by atoms with van der Waals surface area (Å²) >= 11 is 11.9. The highest BCUT2D eigenvalue weighted by molar-refractivity contribution is 7.92. The summed E-state index contributed by atoms with van der Waals surface area (Å²) in [6.07, 6.45) is 3.00. The lowest BCUT2D eigenvalue weighted by Gasteiger charge is -2.12. The Morgan fingerprint density at radius 1 is 1.14 bits per heavy atom. The number of halogens is 3. The van der Waals surface area contributed by atoms with Gasteiger partial charge in [0.25, 0.3) is 10.0 Å². The number of ether oxygens (including phenoxy) is 2. The van der Waals surface area contributed by atoms with Crippen LogP contribution in [0.15, 0.2) is 53.7 Å². The minimum absolute atomic E-state index is 0.00974. The first-order valence-corrected chi connectivity index (χ1v) is 12.4. The molecule has 0 spiro atoms. The number of nitrogens with zero attached hydrogens (tertiary/aromatic N) is 3. The minimum atomic E-state index is -4.11. The van der Waals surface area contributed by atoms with Crippen molar-refractivity contribution in [3.63, 3.8) is 0 Å². The Kier molecular flexibility index (Phi) is 7.43. The van der Waals surface area contributed by atoms with E-state index in [9.17, 15) is 8.42 Å². The smallest absolute Gasteiger partial charge is 0.263 e. The molecule has 4 aromatic rings. The summed E-state index contributed by atoms with van der Waals surface area (Å²) in [6, 6.07) is 8.03. The number of nitrogens with one attached hydrogen (secondary N) is 1. The molecular formula is C22H20Cl2FN5O4S. The average Bonchev–Trinajstić information content (AvgIpc) is 3.23. The Labute approximate surface area is 210 Å². The number of hydrogen-bond acceptors (Lipinski definition) is 7. The third-order valence-electron chi connectivity index (χ3n) is 5.04. The number of methoxy groups -OCH3 is 1. The van der Waals surface area contributed by atoms with Crippen LogP contribution < -0.4 is 10.5 Å². The monoisotopic (exact) mass is 539 g/mol. The highest BCUT2D eigenvalue weighted by atomic mass is 35.5. The fraction of sp³-hybridized carbons (Fsp3) is 0.182. The third kappa shape index (κ3) is 5.19. The largest absolute Gasteiger partial charge is 0.383 e. The summed E-state index contributed by atoms with van der Waals surface area (Å²) in [6.45, 7) is 1.13. The molecule has 0 bridgehead atoms. The van der Waals surface area contributed by atoms with Gasteiger partial charge in [-0.2, -0.15) is 9.61 Å². The van der Waals surface area contributed by atoms with Crippen molar-refractivity contribution in [2.75, 3.05) is 30.8 Å². The second-order valence-corrected chi connectivity index (χ2v) is 9.80. The van der Waals surface area contributed by atoms with E-state index in [4.69, 9.17) is 38.4 Å². The van der Waals surface area contributed by atoms with E-state index < -0.39 is 15.8 Å². The van der Waals surface area contributed by atoms with Crippen molar-refractivity contribution >= 4 is 50.4 Å². The predicted octanol–water partition coefficient (Wildman–Crippen LogP) is 4.39. The SMILES string of the molecule is COCCOCc1cnn2c(N)c(-c3ccc(NS(=O)(=O)c4cccc(Cl)c4Cl)cc3F)cnc12. The van der Waals surface area contributed by atoms with Gasteiger partial charge in [0, 0.05) is 30.0 Å². The number of sulfonamides is 1. The van der Waals surface area contributed by atoms with E-state index in [2.05, 4.69) is 14.8 Å². The molecule has 0 fully saturated rings. The molecule has 2 aromatic carbocycles. The van der Waals surface area contributed by atoms with Crippen LogP contribution in [0.1, 0.15) is 5.56 Å². The van der Waals surface area contributed by atoms with Crippen molar-refractivity contribution in [2.45, 2.75) is 11.5 Å². The van der Waals surface area contributed by atoms with Crippen molar-refractivity contribution in [1.29, 1.82) is 0 Å². The van der Waals surface area contributed by atoms with Gasteiger partial charge in [-0.1, -0.05) is 29.3 Å². The summed E-state index contributed by atoms with van der Waals surface area (Å²) in [5.74, 6) is -0.554. The zero-order valence-electron chi connectivity index (χ0n) is 18.3. The molecule has 35 heavy (non-hydrogen) atoms. The van der Waals surface area contributed by atoms with Gasteiger partial charge in [-0.25, -0.2) is 17.8 Å². The first kappa shape index (κ1) is 25.1. The molecule has 13 heteroatoms. The van der Waals surface area contributed by atoms with Crippen LogP contribution in [-0.2, 0) is 26.1 Å². The van der Waals surface area contributed by atoms with E-state index in [1.165, 1.54) is 41.0 Å². The van der Waals surface area contributed by atoms with Crippen LogP contribution in [0.5, 0.6) is 0 Å². The summed E-state index contributed by atoms with van der Waals surface area (Å²) in [7, 11) is -2.53. The number of fused-ring (bicyclic) bond motifs is 1.